The Balaban J connectivity index is 2.02. The normalized spacial score (nSPS) is 17.6. The van der Waals surface area contributed by atoms with Crippen molar-refractivity contribution in [2.24, 2.45) is 0 Å². The Hall–Kier alpha value is -2.09. The van der Waals surface area contributed by atoms with E-state index in [4.69, 9.17) is 17.0 Å². The molecule has 1 atom stereocenters. The largest absolute Gasteiger partial charge is 0.462 e. The Morgan fingerprint density at radius 2 is 2.00 bits per heavy atom. The zero-order valence-corrected chi connectivity index (χ0v) is 13.1. The van der Waals surface area contributed by atoms with Crippen LogP contribution in [0.25, 0.3) is 0 Å². The average Bonchev–Trinajstić information content (AvgIpc) is 2.49. The molecule has 1 aliphatic heterocycles. The summed E-state index contributed by atoms with van der Waals surface area (Å²) in [4.78, 5) is 12.1. The number of halogens is 3. The number of hydrogen-bond acceptors (Lipinski definition) is 3. The molecule has 23 heavy (non-hydrogen) atoms. The van der Waals surface area contributed by atoms with Gasteiger partial charge in [-0.05, 0) is 31.3 Å². The molecular weight excluding hydrogens is 329 g/mol. The number of alkyl halides is 1. The van der Waals surface area contributed by atoms with Crippen LogP contribution in [-0.4, -0.2) is 30.4 Å². The van der Waals surface area contributed by atoms with Gasteiger partial charge in [0.25, 0.3) is 0 Å². The molecular formula is C15H15F3N2O2S. The van der Waals surface area contributed by atoms with Crippen LogP contribution >= 0.6 is 12.2 Å². The molecule has 0 saturated heterocycles. The Labute approximate surface area is 136 Å². The third kappa shape index (κ3) is 4.01. The van der Waals surface area contributed by atoms with Gasteiger partial charge in [-0.3, -0.25) is 0 Å². The second-order valence-electron chi connectivity index (χ2n) is 4.93. The minimum absolute atomic E-state index is 0.0788. The predicted molar refractivity (Wildman–Crippen MR) is 82.4 cm³/mol. The molecule has 1 aliphatic rings. The number of carbonyl (C=O) groups is 1. The number of allylic oxidation sites excluding steroid dienone is 1. The second-order valence-corrected chi connectivity index (χ2v) is 5.34. The fourth-order valence-electron chi connectivity index (χ4n) is 2.27. The molecule has 1 aromatic carbocycles. The number of thiocarbonyl (C=S) groups is 1. The van der Waals surface area contributed by atoms with Crippen LogP contribution in [0.5, 0.6) is 0 Å². The SMILES string of the molecule is CC1=C(C(=O)OCCc2c(F)cccc2F)C(CF)NC(=S)N1. The zero-order valence-electron chi connectivity index (χ0n) is 12.3. The summed E-state index contributed by atoms with van der Waals surface area (Å²) in [6, 6.07) is 2.60. The van der Waals surface area contributed by atoms with Crippen LogP contribution in [-0.2, 0) is 16.0 Å². The highest BCUT2D eigenvalue weighted by Crippen LogP contribution is 2.16. The topological polar surface area (TPSA) is 50.4 Å². The summed E-state index contributed by atoms with van der Waals surface area (Å²) >= 11 is 4.89. The minimum Gasteiger partial charge on any atom is -0.462 e. The molecule has 1 unspecified atom stereocenters. The number of esters is 1. The fraction of sp³-hybridized carbons (Fsp3) is 0.333. The van der Waals surface area contributed by atoms with E-state index in [1.807, 2.05) is 0 Å². The maximum atomic E-state index is 13.5. The van der Waals surface area contributed by atoms with Crippen molar-refractivity contribution in [3.8, 4) is 0 Å². The molecule has 0 aliphatic carbocycles. The van der Waals surface area contributed by atoms with Crippen LogP contribution in [0.1, 0.15) is 12.5 Å². The van der Waals surface area contributed by atoms with E-state index >= 15 is 0 Å². The van der Waals surface area contributed by atoms with Gasteiger partial charge in [0.2, 0.25) is 0 Å². The number of carbonyl (C=O) groups excluding carboxylic acids is 1. The molecule has 124 valence electrons. The Morgan fingerprint density at radius 3 is 2.61 bits per heavy atom. The first-order chi connectivity index (χ1) is 10.9. The molecule has 0 spiro atoms. The molecule has 0 aromatic heterocycles. The zero-order chi connectivity index (χ0) is 17.0. The molecule has 0 fully saturated rings. The standard InChI is InChI=1S/C15H15F3N2O2S/c1-8-13(12(7-16)20-15(23)19-8)14(21)22-6-5-9-10(17)3-2-4-11(9)18/h2-4,12H,5-7H2,1H3,(H2,19,20,23). The van der Waals surface area contributed by atoms with Crippen molar-refractivity contribution in [2.75, 3.05) is 13.3 Å². The Kier molecular flexibility index (Phi) is 5.59. The molecule has 2 N–H and O–H groups in total. The summed E-state index contributed by atoms with van der Waals surface area (Å²) in [6.45, 7) is 0.505. The number of rotatable bonds is 5. The Morgan fingerprint density at radius 1 is 1.35 bits per heavy atom. The van der Waals surface area contributed by atoms with Gasteiger partial charge in [0.05, 0.1) is 18.2 Å². The quantitative estimate of drug-likeness (QED) is 0.633. The molecule has 0 saturated carbocycles. The molecule has 8 heteroatoms. The maximum Gasteiger partial charge on any atom is 0.337 e. The lowest BCUT2D eigenvalue weighted by Gasteiger charge is -2.27. The number of ether oxygens (including phenoxy) is 1. The van der Waals surface area contributed by atoms with E-state index in [9.17, 15) is 18.0 Å². The molecule has 0 amide bonds. The summed E-state index contributed by atoms with van der Waals surface area (Å²) in [5.41, 5.74) is 0.308. The van der Waals surface area contributed by atoms with Crippen LogP contribution in [0.15, 0.2) is 29.5 Å². The maximum absolute atomic E-state index is 13.5. The van der Waals surface area contributed by atoms with Gasteiger partial charge in [0.1, 0.15) is 18.3 Å². The predicted octanol–water partition coefficient (Wildman–Crippen LogP) is 2.14. The number of hydrogen-bond donors (Lipinski definition) is 2. The van der Waals surface area contributed by atoms with Crippen molar-refractivity contribution in [2.45, 2.75) is 19.4 Å². The van der Waals surface area contributed by atoms with E-state index in [1.165, 1.54) is 6.07 Å². The van der Waals surface area contributed by atoms with Crippen LogP contribution in [0.4, 0.5) is 13.2 Å². The smallest absolute Gasteiger partial charge is 0.337 e. The second kappa shape index (κ2) is 7.45. The van der Waals surface area contributed by atoms with Crippen LogP contribution in [0, 0.1) is 11.6 Å². The lowest BCUT2D eigenvalue weighted by Crippen LogP contribution is -2.50. The monoisotopic (exact) mass is 344 g/mol. The molecule has 1 aromatic rings. The minimum atomic E-state index is -0.901. The van der Waals surface area contributed by atoms with Crippen molar-refractivity contribution >= 4 is 23.3 Å². The highest BCUT2D eigenvalue weighted by atomic mass is 32.1. The third-order valence-electron chi connectivity index (χ3n) is 3.38. The van der Waals surface area contributed by atoms with E-state index in [0.29, 0.717) is 5.70 Å². The summed E-state index contributed by atoms with van der Waals surface area (Å²) in [7, 11) is 0. The summed E-state index contributed by atoms with van der Waals surface area (Å²) in [5.74, 6) is -2.17. The molecule has 4 nitrogen and oxygen atoms in total. The van der Waals surface area contributed by atoms with Gasteiger partial charge in [-0.25, -0.2) is 18.0 Å². The first-order valence-corrected chi connectivity index (χ1v) is 7.29. The summed E-state index contributed by atoms with van der Waals surface area (Å²) < 4.78 is 45.0. The van der Waals surface area contributed by atoms with Crippen LogP contribution in [0.3, 0.4) is 0 Å². The van der Waals surface area contributed by atoms with Gasteiger partial charge in [-0.2, -0.15) is 0 Å². The lowest BCUT2D eigenvalue weighted by molar-refractivity contribution is -0.139. The van der Waals surface area contributed by atoms with Gasteiger partial charge in [-0.15, -0.1) is 0 Å². The van der Waals surface area contributed by atoms with Crippen molar-refractivity contribution in [3.05, 3.63) is 46.7 Å². The lowest BCUT2D eigenvalue weighted by atomic mass is 10.0. The average molecular weight is 344 g/mol. The van der Waals surface area contributed by atoms with Crippen molar-refractivity contribution < 1.29 is 22.7 Å². The highest BCUT2D eigenvalue weighted by molar-refractivity contribution is 7.80. The van der Waals surface area contributed by atoms with Gasteiger partial charge >= 0.3 is 5.97 Å². The molecule has 1 heterocycles. The van der Waals surface area contributed by atoms with Crippen molar-refractivity contribution in [1.29, 1.82) is 0 Å². The van der Waals surface area contributed by atoms with Gasteiger partial charge in [0.15, 0.2) is 5.11 Å². The van der Waals surface area contributed by atoms with E-state index in [2.05, 4.69) is 10.6 Å². The molecule has 2 rings (SSSR count). The van der Waals surface area contributed by atoms with Crippen molar-refractivity contribution in [1.82, 2.24) is 10.6 Å². The molecule has 0 bridgehead atoms. The van der Waals surface area contributed by atoms with E-state index in [-0.39, 0.29) is 29.3 Å². The van der Waals surface area contributed by atoms with E-state index < -0.39 is 30.3 Å². The van der Waals surface area contributed by atoms with E-state index in [1.54, 1.807) is 6.92 Å². The highest BCUT2D eigenvalue weighted by Gasteiger charge is 2.29. The van der Waals surface area contributed by atoms with E-state index in [0.717, 1.165) is 12.1 Å². The van der Waals surface area contributed by atoms with Gasteiger partial charge in [0, 0.05) is 17.7 Å². The van der Waals surface area contributed by atoms with Gasteiger partial charge in [-0.1, -0.05) is 6.07 Å². The first kappa shape index (κ1) is 17.3. The van der Waals surface area contributed by atoms with Crippen molar-refractivity contribution in [3.63, 3.8) is 0 Å². The number of benzene rings is 1. The fourth-order valence-corrected chi connectivity index (χ4v) is 2.57. The third-order valence-corrected chi connectivity index (χ3v) is 3.60. The summed E-state index contributed by atoms with van der Waals surface area (Å²) in [5, 5.41) is 5.55. The summed E-state index contributed by atoms with van der Waals surface area (Å²) in [6.07, 6.45) is -0.115. The molecule has 0 radical (unpaired) electrons. The number of nitrogens with one attached hydrogen (secondary N) is 2. The van der Waals surface area contributed by atoms with Gasteiger partial charge < -0.3 is 15.4 Å². The van der Waals surface area contributed by atoms with Crippen LogP contribution in [0.2, 0.25) is 0 Å². The first-order valence-electron chi connectivity index (χ1n) is 6.88. The van der Waals surface area contributed by atoms with Crippen LogP contribution < -0.4 is 10.6 Å². The Bertz CT molecular complexity index is 644.